The molecule has 6 nitrogen and oxygen atoms in total. The Morgan fingerprint density at radius 2 is 1.95 bits per heavy atom. The summed E-state index contributed by atoms with van der Waals surface area (Å²) in [6, 6.07) is 0. The van der Waals surface area contributed by atoms with Crippen LogP contribution in [0.15, 0.2) is 0 Å². The van der Waals surface area contributed by atoms with Crippen LogP contribution in [-0.2, 0) is 9.53 Å². The van der Waals surface area contributed by atoms with Crippen molar-refractivity contribution in [1.82, 2.24) is 4.90 Å². The summed E-state index contributed by atoms with van der Waals surface area (Å²) in [4.78, 5) is 24.4. The molecule has 1 aliphatic rings. The Morgan fingerprint density at radius 1 is 1.32 bits per heavy atom. The van der Waals surface area contributed by atoms with Gasteiger partial charge in [-0.2, -0.15) is 0 Å². The third kappa shape index (κ3) is 5.46. The number of carbonyl (C=O) groups is 2. The summed E-state index contributed by atoms with van der Waals surface area (Å²) < 4.78 is 5.31. The SMILES string of the molecule is CC(C)(C)OC(=O)N1CCCC(N)(CC(=O)O)CC1. The van der Waals surface area contributed by atoms with Gasteiger partial charge in [0.1, 0.15) is 5.60 Å². The number of carbonyl (C=O) groups excluding carboxylic acids is 1. The fourth-order valence-electron chi connectivity index (χ4n) is 2.20. The van der Waals surface area contributed by atoms with Crippen molar-refractivity contribution in [1.29, 1.82) is 0 Å². The minimum atomic E-state index is -0.895. The second kappa shape index (κ2) is 5.77. The van der Waals surface area contributed by atoms with Crippen LogP contribution in [0, 0.1) is 0 Å². The number of hydrogen-bond acceptors (Lipinski definition) is 4. The van der Waals surface area contributed by atoms with E-state index in [0.717, 1.165) is 0 Å². The molecule has 1 heterocycles. The number of nitrogens with zero attached hydrogens (tertiary/aromatic N) is 1. The predicted molar refractivity (Wildman–Crippen MR) is 70.8 cm³/mol. The maximum Gasteiger partial charge on any atom is 0.410 e. The molecular weight excluding hydrogens is 248 g/mol. The lowest BCUT2D eigenvalue weighted by Gasteiger charge is -2.28. The minimum Gasteiger partial charge on any atom is -0.481 e. The van der Waals surface area contributed by atoms with Crippen LogP contribution in [0.25, 0.3) is 0 Å². The van der Waals surface area contributed by atoms with E-state index < -0.39 is 17.1 Å². The van der Waals surface area contributed by atoms with Gasteiger partial charge in [-0.3, -0.25) is 4.79 Å². The van der Waals surface area contributed by atoms with Gasteiger partial charge in [-0.25, -0.2) is 4.79 Å². The van der Waals surface area contributed by atoms with Crippen LogP contribution in [0.4, 0.5) is 4.79 Å². The number of likely N-dealkylation sites (tertiary alicyclic amines) is 1. The third-order valence-electron chi connectivity index (χ3n) is 3.14. The van der Waals surface area contributed by atoms with Crippen molar-refractivity contribution in [3.05, 3.63) is 0 Å². The zero-order valence-electron chi connectivity index (χ0n) is 11.9. The summed E-state index contributed by atoms with van der Waals surface area (Å²) in [6.45, 7) is 6.47. The molecule has 1 amide bonds. The first-order valence-electron chi connectivity index (χ1n) is 6.60. The van der Waals surface area contributed by atoms with Crippen molar-refractivity contribution < 1.29 is 19.4 Å². The summed E-state index contributed by atoms with van der Waals surface area (Å²) in [7, 11) is 0. The molecule has 1 atom stereocenters. The van der Waals surface area contributed by atoms with E-state index in [9.17, 15) is 9.59 Å². The lowest BCUT2D eigenvalue weighted by molar-refractivity contribution is -0.138. The van der Waals surface area contributed by atoms with E-state index in [4.69, 9.17) is 15.6 Å². The molecular formula is C13H24N2O4. The van der Waals surface area contributed by atoms with Crippen molar-refractivity contribution >= 4 is 12.1 Å². The minimum absolute atomic E-state index is 0.0604. The Bertz CT molecular complexity index is 351. The molecule has 110 valence electrons. The number of carboxylic acids is 1. The van der Waals surface area contributed by atoms with Gasteiger partial charge in [0.2, 0.25) is 0 Å². The van der Waals surface area contributed by atoms with Gasteiger partial charge in [0.25, 0.3) is 0 Å². The van der Waals surface area contributed by atoms with Gasteiger partial charge in [0.05, 0.1) is 6.42 Å². The van der Waals surface area contributed by atoms with Crippen LogP contribution in [-0.4, -0.2) is 46.3 Å². The van der Waals surface area contributed by atoms with E-state index in [1.54, 1.807) is 4.90 Å². The smallest absolute Gasteiger partial charge is 0.410 e. The van der Waals surface area contributed by atoms with E-state index in [-0.39, 0.29) is 12.5 Å². The van der Waals surface area contributed by atoms with Crippen LogP contribution in [0.2, 0.25) is 0 Å². The molecule has 0 saturated carbocycles. The Morgan fingerprint density at radius 3 is 2.47 bits per heavy atom. The van der Waals surface area contributed by atoms with Crippen molar-refractivity contribution in [3.63, 3.8) is 0 Å². The molecule has 1 aliphatic heterocycles. The monoisotopic (exact) mass is 272 g/mol. The van der Waals surface area contributed by atoms with E-state index in [1.165, 1.54) is 0 Å². The van der Waals surface area contributed by atoms with Crippen molar-refractivity contribution in [2.45, 2.75) is 57.6 Å². The molecule has 6 heteroatoms. The Labute approximate surface area is 113 Å². The summed E-state index contributed by atoms with van der Waals surface area (Å²) >= 11 is 0. The van der Waals surface area contributed by atoms with E-state index >= 15 is 0 Å². The summed E-state index contributed by atoms with van der Waals surface area (Å²) in [5.74, 6) is -0.895. The first kappa shape index (κ1) is 15.8. The molecule has 0 aromatic rings. The number of ether oxygens (including phenoxy) is 1. The fraction of sp³-hybridized carbons (Fsp3) is 0.846. The highest BCUT2D eigenvalue weighted by Gasteiger charge is 2.33. The second-order valence-electron chi connectivity index (χ2n) is 6.25. The number of amides is 1. The molecule has 0 aromatic heterocycles. The van der Waals surface area contributed by atoms with E-state index in [0.29, 0.717) is 32.4 Å². The topological polar surface area (TPSA) is 92.9 Å². The van der Waals surface area contributed by atoms with Crippen LogP contribution < -0.4 is 5.73 Å². The molecule has 1 saturated heterocycles. The average Bonchev–Trinajstić information content (AvgIpc) is 2.36. The lowest BCUT2D eigenvalue weighted by atomic mass is 9.88. The zero-order chi connectivity index (χ0) is 14.7. The normalized spacial score (nSPS) is 24.7. The maximum atomic E-state index is 11.9. The predicted octanol–water partition coefficient (Wildman–Crippen LogP) is 1.58. The first-order valence-corrected chi connectivity index (χ1v) is 6.60. The summed E-state index contributed by atoms with van der Waals surface area (Å²) in [5.41, 5.74) is 4.85. The van der Waals surface area contributed by atoms with Crippen molar-refractivity contribution in [2.75, 3.05) is 13.1 Å². The number of nitrogens with two attached hydrogens (primary N) is 1. The van der Waals surface area contributed by atoms with Gasteiger partial charge in [0.15, 0.2) is 0 Å². The molecule has 1 fully saturated rings. The highest BCUT2D eigenvalue weighted by molar-refractivity contribution is 5.69. The van der Waals surface area contributed by atoms with Crippen LogP contribution in [0.5, 0.6) is 0 Å². The van der Waals surface area contributed by atoms with Gasteiger partial charge in [-0.15, -0.1) is 0 Å². The average molecular weight is 272 g/mol. The van der Waals surface area contributed by atoms with Gasteiger partial charge < -0.3 is 20.5 Å². The van der Waals surface area contributed by atoms with Gasteiger partial charge in [-0.05, 0) is 40.0 Å². The van der Waals surface area contributed by atoms with Gasteiger partial charge in [-0.1, -0.05) is 0 Å². The Hall–Kier alpha value is -1.30. The summed E-state index contributed by atoms with van der Waals surface area (Å²) in [5, 5.41) is 8.87. The van der Waals surface area contributed by atoms with Crippen molar-refractivity contribution in [3.8, 4) is 0 Å². The van der Waals surface area contributed by atoms with E-state index in [1.807, 2.05) is 20.8 Å². The summed E-state index contributed by atoms with van der Waals surface area (Å²) in [6.07, 6.45) is 1.38. The van der Waals surface area contributed by atoms with Gasteiger partial charge >= 0.3 is 12.1 Å². The first-order chi connectivity index (χ1) is 8.61. The zero-order valence-corrected chi connectivity index (χ0v) is 11.9. The molecule has 1 unspecified atom stereocenters. The standard InChI is InChI=1S/C13H24N2O4/c1-12(2,3)19-11(18)15-7-4-5-13(14,6-8-15)9-10(16)17/h4-9,14H2,1-3H3,(H,16,17). The van der Waals surface area contributed by atoms with Crippen LogP contribution in [0.3, 0.4) is 0 Å². The molecule has 1 rings (SSSR count). The number of aliphatic carboxylic acids is 1. The molecule has 0 bridgehead atoms. The number of carboxylic acid groups (broad SMARTS) is 1. The largest absolute Gasteiger partial charge is 0.481 e. The lowest BCUT2D eigenvalue weighted by Crippen LogP contribution is -2.43. The molecule has 19 heavy (non-hydrogen) atoms. The highest BCUT2D eigenvalue weighted by Crippen LogP contribution is 2.24. The molecule has 0 aromatic carbocycles. The van der Waals surface area contributed by atoms with Crippen molar-refractivity contribution in [2.24, 2.45) is 5.73 Å². The Kier molecular flexibility index (Phi) is 4.79. The number of hydrogen-bond donors (Lipinski definition) is 2. The molecule has 0 radical (unpaired) electrons. The van der Waals surface area contributed by atoms with E-state index in [2.05, 4.69) is 0 Å². The van der Waals surface area contributed by atoms with Gasteiger partial charge in [0, 0.05) is 18.6 Å². The number of rotatable bonds is 2. The Balaban J connectivity index is 2.59. The molecule has 0 spiro atoms. The maximum absolute atomic E-state index is 11.9. The second-order valence-corrected chi connectivity index (χ2v) is 6.25. The third-order valence-corrected chi connectivity index (χ3v) is 3.14. The highest BCUT2D eigenvalue weighted by atomic mass is 16.6. The quantitative estimate of drug-likeness (QED) is 0.796. The molecule has 3 N–H and O–H groups in total. The fourth-order valence-corrected chi connectivity index (χ4v) is 2.20. The molecule has 0 aliphatic carbocycles. The van der Waals surface area contributed by atoms with Crippen LogP contribution >= 0.6 is 0 Å². The van der Waals surface area contributed by atoms with Crippen LogP contribution in [0.1, 0.15) is 46.5 Å².